The topological polar surface area (TPSA) is 61.4 Å². The summed E-state index contributed by atoms with van der Waals surface area (Å²) in [6.45, 7) is 2.36. The number of hydrogen-bond donors (Lipinski definition) is 3. The second-order valence-electron chi connectivity index (χ2n) is 3.77. The van der Waals surface area contributed by atoms with Gasteiger partial charge in [0, 0.05) is 24.7 Å². The van der Waals surface area contributed by atoms with Gasteiger partial charge in [-0.3, -0.25) is 4.79 Å². The average molecular weight is 258 g/mol. The van der Waals surface area contributed by atoms with Crippen LogP contribution in [0.1, 0.15) is 18.6 Å². The van der Waals surface area contributed by atoms with Crippen LogP contribution in [-0.4, -0.2) is 30.6 Å². The van der Waals surface area contributed by atoms with Gasteiger partial charge in [-0.25, -0.2) is 8.78 Å². The molecule has 0 aromatic heterocycles. The first-order valence-corrected chi connectivity index (χ1v) is 5.65. The summed E-state index contributed by atoms with van der Waals surface area (Å²) >= 11 is 0. The highest BCUT2D eigenvalue weighted by Crippen LogP contribution is 2.17. The Kier molecular flexibility index (Phi) is 5.67. The number of amides is 1. The van der Waals surface area contributed by atoms with Crippen LogP contribution in [0.15, 0.2) is 18.2 Å². The van der Waals surface area contributed by atoms with E-state index in [-0.39, 0.29) is 24.6 Å². The van der Waals surface area contributed by atoms with Gasteiger partial charge in [0.25, 0.3) is 0 Å². The van der Waals surface area contributed by atoms with Crippen LogP contribution >= 0.6 is 0 Å². The molecule has 0 fully saturated rings. The van der Waals surface area contributed by atoms with E-state index in [9.17, 15) is 18.7 Å². The van der Waals surface area contributed by atoms with Crippen molar-refractivity contribution < 1.29 is 18.7 Å². The fraction of sp³-hybridized carbons (Fsp3) is 0.417. The van der Waals surface area contributed by atoms with E-state index < -0.39 is 17.7 Å². The van der Waals surface area contributed by atoms with Crippen molar-refractivity contribution in [2.45, 2.75) is 13.0 Å². The van der Waals surface area contributed by atoms with Gasteiger partial charge in [0.2, 0.25) is 5.91 Å². The Labute approximate surface area is 104 Å². The smallest absolute Gasteiger partial charge is 0.233 e. The van der Waals surface area contributed by atoms with E-state index in [1.807, 2.05) is 0 Å². The number of rotatable bonds is 6. The third-order valence-corrected chi connectivity index (χ3v) is 2.32. The van der Waals surface area contributed by atoms with Crippen LogP contribution in [0.3, 0.4) is 0 Å². The predicted octanol–water partition coefficient (Wildman–Crippen LogP) is 0.724. The fourth-order valence-corrected chi connectivity index (χ4v) is 1.46. The molecule has 4 nitrogen and oxygen atoms in total. The number of benzene rings is 1. The highest BCUT2D eigenvalue weighted by molar-refractivity contribution is 5.77. The number of carbonyl (C=O) groups is 1. The minimum atomic E-state index is -1.12. The van der Waals surface area contributed by atoms with Crippen molar-refractivity contribution in [2.24, 2.45) is 0 Å². The molecule has 0 radical (unpaired) electrons. The maximum atomic E-state index is 13.3. The first kappa shape index (κ1) is 14.5. The summed E-state index contributed by atoms with van der Waals surface area (Å²) in [5.74, 6) is -1.70. The van der Waals surface area contributed by atoms with Crippen molar-refractivity contribution in [1.82, 2.24) is 10.6 Å². The van der Waals surface area contributed by atoms with E-state index in [4.69, 9.17) is 0 Å². The number of likely N-dealkylation sites (N-methyl/N-ethyl adjacent to an activating group) is 1. The molecule has 6 heteroatoms. The van der Waals surface area contributed by atoms with Crippen molar-refractivity contribution in [3.63, 3.8) is 0 Å². The van der Waals surface area contributed by atoms with E-state index in [0.29, 0.717) is 12.6 Å². The number of carbonyl (C=O) groups excluding carboxylic acids is 1. The third kappa shape index (κ3) is 4.38. The second kappa shape index (κ2) is 7.03. The molecule has 1 amide bonds. The zero-order valence-corrected chi connectivity index (χ0v) is 10.0. The number of aliphatic hydroxyl groups is 1. The van der Waals surface area contributed by atoms with Crippen LogP contribution in [0, 0.1) is 11.6 Å². The zero-order chi connectivity index (χ0) is 13.5. The van der Waals surface area contributed by atoms with Gasteiger partial charge >= 0.3 is 0 Å². The minimum Gasteiger partial charge on any atom is -0.387 e. The molecule has 3 N–H and O–H groups in total. The maximum absolute atomic E-state index is 13.3. The summed E-state index contributed by atoms with van der Waals surface area (Å²) in [7, 11) is 0. The van der Waals surface area contributed by atoms with E-state index in [1.54, 1.807) is 6.92 Å². The van der Waals surface area contributed by atoms with Crippen molar-refractivity contribution in [1.29, 1.82) is 0 Å². The monoisotopic (exact) mass is 258 g/mol. The normalized spacial score (nSPS) is 12.2. The zero-order valence-electron chi connectivity index (χ0n) is 10.0. The lowest BCUT2D eigenvalue weighted by atomic mass is 10.1. The lowest BCUT2D eigenvalue weighted by Crippen LogP contribution is -2.35. The third-order valence-electron chi connectivity index (χ3n) is 2.32. The second-order valence-corrected chi connectivity index (χ2v) is 3.77. The molecule has 0 heterocycles. The number of nitrogens with one attached hydrogen (secondary N) is 2. The van der Waals surface area contributed by atoms with Crippen molar-refractivity contribution in [2.75, 3.05) is 19.6 Å². The molecule has 0 spiro atoms. The minimum absolute atomic E-state index is 0.000185. The van der Waals surface area contributed by atoms with Crippen LogP contribution < -0.4 is 10.6 Å². The molecule has 1 atom stereocenters. The van der Waals surface area contributed by atoms with Crippen LogP contribution in [-0.2, 0) is 4.79 Å². The lowest BCUT2D eigenvalue weighted by molar-refractivity contribution is -0.120. The Bertz CT molecular complexity index is 413. The molecular weight excluding hydrogens is 242 g/mol. The lowest BCUT2D eigenvalue weighted by Gasteiger charge is -2.12. The van der Waals surface area contributed by atoms with Crippen LogP contribution in [0.2, 0.25) is 0 Å². The van der Waals surface area contributed by atoms with Gasteiger partial charge in [0.1, 0.15) is 11.6 Å². The van der Waals surface area contributed by atoms with Crippen molar-refractivity contribution in [3.8, 4) is 0 Å². The van der Waals surface area contributed by atoms with E-state index >= 15 is 0 Å². The molecular formula is C12H16F2N2O2. The van der Waals surface area contributed by atoms with Gasteiger partial charge in [-0.15, -0.1) is 0 Å². The number of hydrogen-bond acceptors (Lipinski definition) is 3. The highest BCUT2D eigenvalue weighted by atomic mass is 19.1. The predicted molar refractivity (Wildman–Crippen MR) is 62.9 cm³/mol. The van der Waals surface area contributed by atoms with Crippen molar-refractivity contribution >= 4 is 5.91 Å². The molecule has 100 valence electrons. The number of halogens is 2. The Morgan fingerprint density at radius 3 is 2.78 bits per heavy atom. The summed E-state index contributed by atoms with van der Waals surface area (Å²) in [5.41, 5.74) is -0.000185. The summed E-state index contributed by atoms with van der Waals surface area (Å²) in [5, 5.41) is 14.9. The Hall–Kier alpha value is -1.53. The number of aliphatic hydroxyl groups excluding tert-OH is 1. The molecule has 0 aliphatic rings. The van der Waals surface area contributed by atoms with Crippen molar-refractivity contribution in [3.05, 3.63) is 35.4 Å². The summed E-state index contributed by atoms with van der Waals surface area (Å²) in [6.07, 6.45) is -1.12. The highest BCUT2D eigenvalue weighted by Gasteiger charge is 2.13. The molecule has 0 bridgehead atoms. The summed E-state index contributed by atoms with van der Waals surface area (Å²) in [6, 6.07) is 2.97. The molecule has 1 unspecified atom stereocenters. The van der Waals surface area contributed by atoms with Gasteiger partial charge in [0.05, 0.1) is 12.6 Å². The largest absolute Gasteiger partial charge is 0.387 e. The molecule has 1 rings (SSSR count). The first-order chi connectivity index (χ1) is 8.54. The Morgan fingerprint density at radius 2 is 2.17 bits per heavy atom. The van der Waals surface area contributed by atoms with E-state index in [0.717, 1.165) is 6.07 Å². The fourth-order valence-electron chi connectivity index (χ4n) is 1.46. The molecule has 1 aromatic rings. The SMILES string of the molecule is CCNC(=O)CNCC(O)c1ccc(F)cc1F. The summed E-state index contributed by atoms with van der Waals surface area (Å²) < 4.78 is 26.0. The van der Waals surface area contributed by atoms with Crippen LogP contribution in [0.4, 0.5) is 8.78 Å². The van der Waals surface area contributed by atoms with Crippen LogP contribution in [0.5, 0.6) is 0 Å². The standard InChI is InChI=1S/C12H16F2N2O2/c1-2-16-12(18)7-15-6-11(17)9-4-3-8(13)5-10(9)14/h3-5,11,15,17H,2,6-7H2,1H3,(H,16,18). The maximum Gasteiger partial charge on any atom is 0.233 e. The van der Waals surface area contributed by atoms with Gasteiger partial charge in [-0.1, -0.05) is 6.07 Å². The average Bonchev–Trinajstić information content (AvgIpc) is 2.29. The van der Waals surface area contributed by atoms with Gasteiger partial charge < -0.3 is 15.7 Å². The Balaban J connectivity index is 2.45. The van der Waals surface area contributed by atoms with Gasteiger partial charge in [-0.05, 0) is 13.0 Å². The Morgan fingerprint density at radius 1 is 1.44 bits per heavy atom. The van der Waals surface area contributed by atoms with Gasteiger partial charge in [0.15, 0.2) is 0 Å². The molecule has 0 saturated carbocycles. The molecule has 0 saturated heterocycles. The van der Waals surface area contributed by atoms with E-state index in [2.05, 4.69) is 10.6 Å². The van der Waals surface area contributed by atoms with Crippen LogP contribution in [0.25, 0.3) is 0 Å². The first-order valence-electron chi connectivity index (χ1n) is 5.65. The molecule has 18 heavy (non-hydrogen) atoms. The molecule has 0 aliphatic carbocycles. The van der Waals surface area contributed by atoms with Gasteiger partial charge in [-0.2, -0.15) is 0 Å². The quantitative estimate of drug-likeness (QED) is 0.704. The molecule has 0 aliphatic heterocycles. The summed E-state index contributed by atoms with van der Waals surface area (Å²) in [4.78, 5) is 11.1. The molecule has 1 aromatic carbocycles. The van der Waals surface area contributed by atoms with E-state index in [1.165, 1.54) is 6.07 Å².